The van der Waals surface area contributed by atoms with Crippen molar-refractivity contribution in [1.82, 2.24) is 9.13 Å². The number of fused-ring (bicyclic) bond motifs is 7. The minimum Gasteiger partial charge on any atom is -0.309 e. The second-order valence-corrected chi connectivity index (χ2v) is 28.8. The second kappa shape index (κ2) is 25.1. The molecule has 17 aromatic rings. The van der Waals surface area contributed by atoms with Gasteiger partial charge in [-0.05, 0) is 202 Å². The molecule has 0 aliphatic rings. The summed E-state index contributed by atoms with van der Waals surface area (Å²) >= 11 is 0. The Balaban J connectivity index is 0.000000182. The molecule has 17 rings (SSSR count). The second-order valence-electron chi connectivity index (χ2n) is 28.8. The van der Waals surface area contributed by atoms with Gasteiger partial charge in [0, 0.05) is 32.9 Å². The van der Waals surface area contributed by atoms with Crippen LogP contribution in [0.25, 0.3) is 154 Å². The van der Waals surface area contributed by atoms with E-state index in [1.54, 1.807) is 0 Å². The van der Waals surface area contributed by atoms with Crippen LogP contribution in [0.1, 0.15) is 63.8 Å². The molecule has 0 atom stereocenters. The third-order valence-electron chi connectivity index (χ3n) is 20.2. The van der Waals surface area contributed by atoms with Crippen molar-refractivity contribution in [2.24, 2.45) is 0 Å². The summed E-state index contributed by atoms with van der Waals surface area (Å²) in [6.45, 7) is 18.3. The van der Waals surface area contributed by atoms with Crippen LogP contribution in [0.15, 0.2) is 325 Å². The summed E-state index contributed by atoms with van der Waals surface area (Å²) < 4.78 is 4.15. The van der Waals surface area contributed by atoms with Gasteiger partial charge in [0.2, 0.25) is 0 Å². The minimum atomic E-state index is -0.0571. The largest absolute Gasteiger partial charge is 0.309 e. The Labute approximate surface area is 584 Å². The molecule has 0 bridgehead atoms. The van der Waals surface area contributed by atoms with Crippen molar-refractivity contribution >= 4 is 75.9 Å². The van der Waals surface area contributed by atoms with Crippen LogP contribution in [0.2, 0.25) is 0 Å². The predicted molar refractivity (Wildman–Crippen MR) is 426 cm³/mol. The Morgan fingerprint density at radius 1 is 0.230 bits per heavy atom. The van der Waals surface area contributed by atoms with Gasteiger partial charge in [-0.1, -0.05) is 301 Å². The number of hydrogen-bond donors (Lipinski definition) is 0. The standard InChI is InChI=1S/C64H56.C32H20N2O2/c1-41-19-22-47(23-20-41)57-53-37-21-42(2)39-55(53)59(48-28-24-45(25-29-48)43-15-11-9-12-16-43)61-58(50-32-34-51(35-33-50)63(3,4)5)54-38-36-52(64(6,7)8)40-56(54)60(62(57)61)49-30-26-46(27-31-49)44-17-13-10-14-18-44;35-31-23-15-7-9-17-27(23)33(21-11-3-1-4-12-21)29-19-26-30(20-25(29)31)34(22-13-5-2-6-14-22)28-18-10-8-16-24(28)32(26)36/h9-40H,1-8H3;1-20H. The fourth-order valence-electron chi connectivity index (χ4n) is 15.1. The highest BCUT2D eigenvalue weighted by molar-refractivity contribution is 6.34. The van der Waals surface area contributed by atoms with Gasteiger partial charge in [0.1, 0.15) is 0 Å². The molecule has 0 radical (unpaired) electrons. The number of rotatable bonds is 8. The third kappa shape index (κ3) is 11.2. The average Bonchev–Trinajstić information content (AvgIpc) is 0.699. The number of nitrogens with zero attached hydrogens (tertiary/aromatic N) is 2. The molecular weight excluding hydrogens is 1210 g/mol. The molecule has 0 N–H and O–H groups in total. The van der Waals surface area contributed by atoms with Crippen molar-refractivity contribution in [3.05, 3.63) is 358 Å². The summed E-state index contributed by atoms with van der Waals surface area (Å²) in [6.07, 6.45) is 0. The van der Waals surface area contributed by atoms with Crippen LogP contribution in [0.3, 0.4) is 0 Å². The van der Waals surface area contributed by atoms with E-state index in [0.29, 0.717) is 32.6 Å². The van der Waals surface area contributed by atoms with Gasteiger partial charge in [0.15, 0.2) is 10.9 Å². The highest BCUT2D eigenvalue weighted by Crippen LogP contribution is 2.55. The van der Waals surface area contributed by atoms with E-state index in [2.05, 4.69) is 259 Å². The molecule has 0 aliphatic carbocycles. The van der Waals surface area contributed by atoms with E-state index >= 15 is 0 Å². The molecule has 0 amide bonds. The molecule has 4 nitrogen and oxygen atoms in total. The van der Waals surface area contributed by atoms with E-state index in [1.165, 1.54) is 121 Å². The zero-order valence-electron chi connectivity index (χ0n) is 57.7. The predicted octanol–water partition coefficient (Wildman–Crippen LogP) is 25.0. The van der Waals surface area contributed by atoms with E-state index in [4.69, 9.17) is 0 Å². The Morgan fingerprint density at radius 2 is 0.540 bits per heavy atom. The molecule has 4 heteroatoms. The SMILES string of the molecule is Cc1ccc(-c2c3ccc(C)cc3c(-c3ccc(-c4ccccc4)cc3)c3c(-c4ccc(C(C)(C)C)cc4)c4ccc(C(C)(C)C)cc4c(-c4ccc(-c5ccccc5)cc4)c23)cc1.O=c1c2ccccc2n(-c2ccccc2)c2cc3c(=O)c4ccccc4n(-c4ccccc4)c3cc12. The van der Waals surface area contributed by atoms with Gasteiger partial charge in [0.25, 0.3) is 0 Å². The molecule has 0 aliphatic heterocycles. The molecule has 2 heterocycles. The van der Waals surface area contributed by atoms with Crippen molar-refractivity contribution in [2.45, 2.75) is 66.2 Å². The van der Waals surface area contributed by atoms with Crippen molar-refractivity contribution in [3.8, 4) is 78.1 Å². The van der Waals surface area contributed by atoms with Crippen LogP contribution in [0.5, 0.6) is 0 Å². The topological polar surface area (TPSA) is 44.0 Å². The van der Waals surface area contributed by atoms with E-state index in [-0.39, 0.29) is 21.7 Å². The van der Waals surface area contributed by atoms with E-state index < -0.39 is 0 Å². The summed E-state index contributed by atoms with van der Waals surface area (Å²) in [5, 5.41) is 10.0. The monoisotopic (exact) mass is 1290 g/mol. The Hall–Kier alpha value is -12.0. The van der Waals surface area contributed by atoms with Crippen LogP contribution in [0, 0.1) is 13.8 Å². The van der Waals surface area contributed by atoms with Crippen LogP contribution >= 0.6 is 0 Å². The van der Waals surface area contributed by atoms with Crippen molar-refractivity contribution < 1.29 is 0 Å². The summed E-state index contributed by atoms with van der Waals surface area (Å²) in [6, 6.07) is 112. The van der Waals surface area contributed by atoms with E-state index in [9.17, 15) is 9.59 Å². The first kappa shape index (κ1) is 62.8. The molecule has 15 aromatic carbocycles. The Morgan fingerprint density at radius 3 is 0.960 bits per heavy atom. The average molecular weight is 1290 g/mol. The summed E-state index contributed by atoms with van der Waals surface area (Å²) in [5.41, 5.74) is 24.7. The Bertz CT molecular complexity index is 5990. The van der Waals surface area contributed by atoms with Gasteiger partial charge in [-0.15, -0.1) is 0 Å². The molecule has 2 aromatic heterocycles. The normalized spacial score (nSPS) is 11.9. The lowest BCUT2D eigenvalue weighted by molar-refractivity contribution is 0.590. The van der Waals surface area contributed by atoms with Gasteiger partial charge < -0.3 is 9.13 Å². The van der Waals surface area contributed by atoms with Gasteiger partial charge in [-0.3, -0.25) is 9.59 Å². The highest BCUT2D eigenvalue weighted by Gasteiger charge is 2.29. The summed E-state index contributed by atoms with van der Waals surface area (Å²) in [5.74, 6) is 0. The number of aromatic nitrogens is 2. The van der Waals surface area contributed by atoms with Crippen LogP contribution < -0.4 is 10.9 Å². The third-order valence-corrected chi connectivity index (χ3v) is 20.2. The zero-order chi connectivity index (χ0) is 68.6. The maximum absolute atomic E-state index is 13.8. The minimum absolute atomic E-state index is 0.0258. The van der Waals surface area contributed by atoms with E-state index in [1.807, 2.05) is 121 Å². The number of aryl methyl sites for hydroxylation is 2. The quantitative estimate of drug-likeness (QED) is 0.142. The number of hydrogen-bond acceptors (Lipinski definition) is 2. The molecule has 0 saturated heterocycles. The van der Waals surface area contributed by atoms with Crippen LogP contribution in [-0.4, -0.2) is 9.13 Å². The molecular formula is C96H76N2O2. The lowest BCUT2D eigenvalue weighted by Crippen LogP contribution is -2.14. The first-order valence-electron chi connectivity index (χ1n) is 34.7. The fraction of sp³-hybridized carbons (Fsp3) is 0.104. The first-order chi connectivity index (χ1) is 48.6. The molecule has 100 heavy (non-hydrogen) atoms. The van der Waals surface area contributed by atoms with Gasteiger partial charge in [0.05, 0.1) is 22.1 Å². The van der Waals surface area contributed by atoms with Crippen molar-refractivity contribution in [1.29, 1.82) is 0 Å². The molecule has 0 fully saturated rings. The molecule has 0 unspecified atom stereocenters. The lowest BCUT2D eigenvalue weighted by atomic mass is 9.76. The Kier molecular flexibility index (Phi) is 15.8. The van der Waals surface area contributed by atoms with Gasteiger partial charge in [-0.2, -0.15) is 0 Å². The van der Waals surface area contributed by atoms with Crippen LogP contribution in [0.4, 0.5) is 0 Å². The van der Waals surface area contributed by atoms with Gasteiger partial charge >= 0.3 is 0 Å². The number of para-hydroxylation sites is 4. The lowest BCUT2D eigenvalue weighted by Gasteiger charge is -2.27. The van der Waals surface area contributed by atoms with E-state index in [0.717, 1.165) is 22.4 Å². The zero-order valence-corrected chi connectivity index (χ0v) is 57.7. The number of benzene rings is 15. The van der Waals surface area contributed by atoms with Crippen molar-refractivity contribution in [3.63, 3.8) is 0 Å². The molecule has 0 saturated carbocycles. The fourth-order valence-corrected chi connectivity index (χ4v) is 15.1. The first-order valence-corrected chi connectivity index (χ1v) is 34.7. The molecule has 0 spiro atoms. The van der Waals surface area contributed by atoms with Gasteiger partial charge in [-0.25, -0.2) is 0 Å². The van der Waals surface area contributed by atoms with Crippen LogP contribution in [-0.2, 0) is 10.8 Å². The maximum Gasteiger partial charge on any atom is 0.197 e. The summed E-state index contributed by atoms with van der Waals surface area (Å²) in [7, 11) is 0. The highest BCUT2D eigenvalue weighted by atomic mass is 16.1. The summed E-state index contributed by atoms with van der Waals surface area (Å²) in [4.78, 5) is 27.6. The van der Waals surface area contributed by atoms with Crippen molar-refractivity contribution in [2.75, 3.05) is 0 Å². The molecule has 482 valence electrons. The maximum atomic E-state index is 13.8. The smallest absolute Gasteiger partial charge is 0.197 e. The number of pyridine rings is 2.